The summed E-state index contributed by atoms with van der Waals surface area (Å²) in [5.74, 6) is 0. The van der Waals surface area contributed by atoms with Gasteiger partial charge in [0.05, 0.1) is 18.8 Å². The van der Waals surface area contributed by atoms with Gasteiger partial charge in [0.1, 0.15) is 0 Å². The van der Waals surface area contributed by atoms with Gasteiger partial charge in [-0.2, -0.15) is 0 Å². The van der Waals surface area contributed by atoms with Crippen molar-refractivity contribution >= 4 is 17.3 Å². The second-order valence-corrected chi connectivity index (χ2v) is 6.01. The molecule has 0 radical (unpaired) electrons. The first-order valence-corrected chi connectivity index (χ1v) is 7.86. The highest BCUT2D eigenvalue weighted by Crippen LogP contribution is 2.26. The third kappa shape index (κ3) is 4.85. The van der Waals surface area contributed by atoms with Crippen molar-refractivity contribution in [2.24, 2.45) is 0 Å². The van der Waals surface area contributed by atoms with Gasteiger partial charge in [-0.15, -0.1) is 0 Å². The number of hydrogen-bond acceptors (Lipinski definition) is 4. The molecule has 1 aromatic rings. The molecule has 1 aliphatic rings. The van der Waals surface area contributed by atoms with Crippen molar-refractivity contribution in [3.63, 3.8) is 0 Å². The van der Waals surface area contributed by atoms with Crippen LogP contribution < -0.4 is 10.2 Å². The number of morpholine rings is 1. The highest BCUT2D eigenvalue weighted by atomic mass is 35.5. The fourth-order valence-electron chi connectivity index (χ4n) is 2.66. The number of anilines is 1. The zero-order valence-corrected chi connectivity index (χ0v) is 13.8. The van der Waals surface area contributed by atoms with E-state index in [1.54, 1.807) is 7.11 Å². The van der Waals surface area contributed by atoms with E-state index in [4.69, 9.17) is 21.1 Å². The molecule has 1 heterocycles. The number of methoxy groups -OCH3 is 1. The van der Waals surface area contributed by atoms with Crippen molar-refractivity contribution in [3.8, 4) is 0 Å². The largest absolute Gasteiger partial charge is 0.383 e. The maximum Gasteiger partial charge on any atom is 0.0726 e. The van der Waals surface area contributed by atoms with E-state index < -0.39 is 0 Å². The minimum atomic E-state index is 0.253. The Labute approximate surface area is 132 Å². The molecule has 4 nitrogen and oxygen atoms in total. The molecular formula is C16H25ClN2O2. The lowest BCUT2D eigenvalue weighted by molar-refractivity contribution is -0.00521. The highest BCUT2D eigenvalue weighted by molar-refractivity contribution is 6.31. The molecule has 0 bridgehead atoms. The minimum Gasteiger partial charge on any atom is -0.383 e. The quantitative estimate of drug-likeness (QED) is 0.819. The van der Waals surface area contributed by atoms with Gasteiger partial charge in [0.2, 0.25) is 0 Å². The Balaban J connectivity index is 1.98. The standard InChI is InChI=1S/C16H25ClN2O2/c1-12-10-19(11-13(2)21-12)15-5-4-14(16(17)8-15)9-18-6-7-20-3/h4-5,8,12-13,18H,6-7,9-11H2,1-3H3. The second kappa shape index (κ2) is 7.99. The molecule has 0 spiro atoms. The van der Waals surface area contributed by atoms with Gasteiger partial charge in [-0.05, 0) is 31.5 Å². The van der Waals surface area contributed by atoms with E-state index in [2.05, 4.69) is 42.3 Å². The van der Waals surface area contributed by atoms with Gasteiger partial charge in [0.15, 0.2) is 0 Å². The van der Waals surface area contributed by atoms with E-state index >= 15 is 0 Å². The SMILES string of the molecule is COCCNCc1ccc(N2CC(C)OC(C)C2)cc1Cl. The highest BCUT2D eigenvalue weighted by Gasteiger charge is 2.22. The first kappa shape index (κ1) is 16.6. The normalized spacial score (nSPS) is 22.6. The van der Waals surface area contributed by atoms with Crippen LogP contribution in [0.1, 0.15) is 19.4 Å². The van der Waals surface area contributed by atoms with Crippen molar-refractivity contribution in [1.82, 2.24) is 5.32 Å². The van der Waals surface area contributed by atoms with Gasteiger partial charge in [-0.1, -0.05) is 17.7 Å². The average Bonchev–Trinajstić information content (AvgIpc) is 2.44. The van der Waals surface area contributed by atoms with Crippen LogP contribution in [0.3, 0.4) is 0 Å². The summed E-state index contributed by atoms with van der Waals surface area (Å²) in [4.78, 5) is 2.34. The minimum absolute atomic E-state index is 0.253. The number of halogens is 1. The fourth-order valence-corrected chi connectivity index (χ4v) is 2.90. The Morgan fingerprint density at radius 2 is 2.05 bits per heavy atom. The Hall–Kier alpha value is -0.810. The van der Waals surface area contributed by atoms with Gasteiger partial charge in [-0.25, -0.2) is 0 Å². The molecule has 2 unspecified atom stereocenters. The maximum absolute atomic E-state index is 6.41. The zero-order valence-electron chi connectivity index (χ0n) is 13.1. The molecule has 2 rings (SSSR count). The number of nitrogens with one attached hydrogen (secondary N) is 1. The van der Waals surface area contributed by atoms with E-state index in [1.807, 2.05) is 0 Å². The first-order valence-electron chi connectivity index (χ1n) is 7.48. The first-order chi connectivity index (χ1) is 10.1. The van der Waals surface area contributed by atoms with E-state index in [9.17, 15) is 0 Å². The summed E-state index contributed by atoms with van der Waals surface area (Å²) in [6.07, 6.45) is 0.505. The molecule has 0 saturated carbocycles. The van der Waals surface area contributed by atoms with Gasteiger partial charge in [0.25, 0.3) is 0 Å². The summed E-state index contributed by atoms with van der Waals surface area (Å²) in [5, 5.41) is 4.12. The van der Waals surface area contributed by atoms with E-state index in [0.29, 0.717) is 6.61 Å². The smallest absolute Gasteiger partial charge is 0.0726 e. The summed E-state index contributed by atoms with van der Waals surface area (Å²) < 4.78 is 10.8. The van der Waals surface area contributed by atoms with Crippen LogP contribution >= 0.6 is 11.6 Å². The van der Waals surface area contributed by atoms with E-state index in [1.165, 1.54) is 5.69 Å². The molecule has 1 fully saturated rings. The summed E-state index contributed by atoms with van der Waals surface area (Å²) in [7, 11) is 1.70. The average molecular weight is 313 g/mol. The Morgan fingerprint density at radius 3 is 2.67 bits per heavy atom. The van der Waals surface area contributed by atoms with Crippen LogP contribution in [-0.2, 0) is 16.0 Å². The van der Waals surface area contributed by atoms with Gasteiger partial charge in [0, 0.05) is 44.0 Å². The fraction of sp³-hybridized carbons (Fsp3) is 0.625. The van der Waals surface area contributed by atoms with Crippen molar-refractivity contribution in [3.05, 3.63) is 28.8 Å². The van der Waals surface area contributed by atoms with E-state index in [0.717, 1.165) is 36.8 Å². The Kier molecular flexibility index (Phi) is 6.30. The van der Waals surface area contributed by atoms with Crippen molar-refractivity contribution in [1.29, 1.82) is 0 Å². The molecular weight excluding hydrogens is 288 g/mol. The zero-order chi connectivity index (χ0) is 15.2. The van der Waals surface area contributed by atoms with Crippen LogP contribution in [0, 0.1) is 0 Å². The predicted octanol–water partition coefficient (Wildman–Crippen LogP) is 2.69. The van der Waals surface area contributed by atoms with Crippen LogP contribution in [0.5, 0.6) is 0 Å². The topological polar surface area (TPSA) is 33.7 Å². The van der Waals surface area contributed by atoms with Crippen LogP contribution in [0.15, 0.2) is 18.2 Å². The number of hydrogen-bond donors (Lipinski definition) is 1. The van der Waals surface area contributed by atoms with Gasteiger partial charge in [-0.3, -0.25) is 0 Å². The van der Waals surface area contributed by atoms with Crippen LogP contribution in [0.4, 0.5) is 5.69 Å². The number of benzene rings is 1. The molecule has 1 N–H and O–H groups in total. The summed E-state index contributed by atoms with van der Waals surface area (Å²) >= 11 is 6.41. The lowest BCUT2D eigenvalue weighted by Gasteiger charge is -2.37. The molecule has 1 aromatic carbocycles. The lowest BCUT2D eigenvalue weighted by Crippen LogP contribution is -2.45. The molecule has 1 aliphatic heterocycles. The molecule has 2 atom stereocenters. The van der Waals surface area contributed by atoms with Crippen LogP contribution in [0.2, 0.25) is 5.02 Å². The molecule has 1 saturated heterocycles. The van der Waals surface area contributed by atoms with Crippen LogP contribution in [0.25, 0.3) is 0 Å². The molecule has 21 heavy (non-hydrogen) atoms. The molecule has 0 aromatic heterocycles. The number of rotatable bonds is 6. The van der Waals surface area contributed by atoms with E-state index in [-0.39, 0.29) is 12.2 Å². The summed E-state index contributed by atoms with van der Waals surface area (Å²) in [6, 6.07) is 6.30. The summed E-state index contributed by atoms with van der Waals surface area (Å²) in [6.45, 7) is 8.33. The van der Waals surface area contributed by atoms with Crippen LogP contribution in [-0.4, -0.2) is 45.6 Å². The molecule has 0 amide bonds. The molecule has 5 heteroatoms. The van der Waals surface area contributed by atoms with Crippen molar-refractivity contribution < 1.29 is 9.47 Å². The summed E-state index contributed by atoms with van der Waals surface area (Å²) in [5.41, 5.74) is 2.29. The Morgan fingerprint density at radius 1 is 1.33 bits per heavy atom. The molecule has 118 valence electrons. The third-order valence-electron chi connectivity index (χ3n) is 3.62. The van der Waals surface area contributed by atoms with Gasteiger partial charge >= 0.3 is 0 Å². The second-order valence-electron chi connectivity index (χ2n) is 5.61. The predicted molar refractivity (Wildman–Crippen MR) is 87.3 cm³/mol. The lowest BCUT2D eigenvalue weighted by atomic mass is 10.1. The van der Waals surface area contributed by atoms with Crippen molar-refractivity contribution in [2.75, 3.05) is 38.3 Å². The number of ether oxygens (including phenoxy) is 2. The van der Waals surface area contributed by atoms with Crippen molar-refractivity contribution in [2.45, 2.75) is 32.6 Å². The van der Waals surface area contributed by atoms with Gasteiger partial charge < -0.3 is 19.7 Å². The number of nitrogens with zero attached hydrogens (tertiary/aromatic N) is 1. The Bertz CT molecular complexity index is 446. The molecule has 0 aliphatic carbocycles. The third-order valence-corrected chi connectivity index (χ3v) is 3.97. The maximum atomic E-state index is 6.41. The monoisotopic (exact) mass is 312 g/mol.